The molecule has 82 valence electrons. The van der Waals surface area contributed by atoms with Gasteiger partial charge in [0.1, 0.15) is 5.75 Å². The molecule has 3 aliphatic heterocycles. The first-order chi connectivity index (χ1) is 8.43. The lowest BCUT2D eigenvalue weighted by atomic mass is 9.95. The Balaban J connectivity index is 2.03. The highest BCUT2D eigenvalue weighted by Crippen LogP contribution is 2.42. The van der Waals surface area contributed by atoms with Crippen molar-refractivity contribution in [3.8, 4) is 5.75 Å². The molecule has 1 aromatic rings. The van der Waals surface area contributed by atoms with Crippen molar-refractivity contribution in [3.63, 3.8) is 0 Å². The minimum Gasteiger partial charge on any atom is -0.454 e. The van der Waals surface area contributed by atoms with Crippen LogP contribution in [0.4, 0.5) is 0 Å². The number of nitrogens with zero attached hydrogens (tertiary/aromatic N) is 1. The number of hydrogen-bond donors (Lipinski definition) is 0. The van der Waals surface area contributed by atoms with E-state index in [1.807, 2.05) is 24.3 Å². The summed E-state index contributed by atoms with van der Waals surface area (Å²) < 4.78 is 5.95. The van der Waals surface area contributed by atoms with Crippen molar-refractivity contribution in [3.05, 3.63) is 71.8 Å². The van der Waals surface area contributed by atoms with Crippen LogP contribution in [0.1, 0.15) is 5.56 Å². The van der Waals surface area contributed by atoms with E-state index in [0.717, 1.165) is 18.1 Å². The first-order valence-corrected chi connectivity index (χ1v) is 5.77. The van der Waals surface area contributed by atoms with E-state index < -0.39 is 0 Å². The van der Waals surface area contributed by atoms with Gasteiger partial charge in [0.25, 0.3) is 0 Å². The first kappa shape index (κ1) is 8.88. The smallest absolute Gasteiger partial charge is 0.151 e. The van der Waals surface area contributed by atoms with Crippen molar-refractivity contribution in [1.82, 2.24) is 4.90 Å². The third-order valence-electron chi connectivity index (χ3n) is 3.27. The lowest BCUT2D eigenvalue weighted by Gasteiger charge is -2.34. The quantitative estimate of drug-likeness (QED) is 0.667. The second kappa shape index (κ2) is 3.14. The number of hydrogen-bond acceptors (Lipinski definition) is 2. The van der Waals surface area contributed by atoms with E-state index in [1.165, 1.54) is 16.8 Å². The van der Waals surface area contributed by atoms with Gasteiger partial charge < -0.3 is 9.64 Å². The Labute approximate surface area is 99.8 Å². The molecule has 3 aliphatic rings. The molecule has 0 N–H and O–H groups in total. The summed E-state index contributed by atoms with van der Waals surface area (Å²) in [6.07, 6.45) is 10.5. The highest BCUT2D eigenvalue weighted by molar-refractivity contribution is 5.85. The van der Waals surface area contributed by atoms with Crippen molar-refractivity contribution in [1.29, 1.82) is 0 Å². The summed E-state index contributed by atoms with van der Waals surface area (Å²) >= 11 is 0. The van der Waals surface area contributed by atoms with E-state index in [2.05, 4.69) is 35.4 Å². The summed E-state index contributed by atoms with van der Waals surface area (Å²) in [6, 6.07) is 8.19. The van der Waals surface area contributed by atoms with Crippen LogP contribution in [-0.2, 0) is 0 Å². The molecule has 0 unspecified atom stereocenters. The number of allylic oxidation sites excluding steroid dienone is 4. The van der Waals surface area contributed by atoms with Gasteiger partial charge in [-0.1, -0.05) is 30.4 Å². The van der Waals surface area contributed by atoms with Gasteiger partial charge in [0.15, 0.2) is 5.76 Å². The Kier molecular flexibility index (Phi) is 1.64. The fraction of sp³-hybridized carbons (Fsp3) is 0.0667. The number of rotatable bonds is 0. The standard InChI is InChI=1S/C15H11NO/c1-2-7-13-11(5-1)12-6-3-9-16-10-4-8-14(17-13)15(12)16/h1-8,10H,9H2. The van der Waals surface area contributed by atoms with E-state index >= 15 is 0 Å². The fourth-order valence-electron chi connectivity index (χ4n) is 2.53. The van der Waals surface area contributed by atoms with Crippen molar-refractivity contribution in [2.75, 3.05) is 6.54 Å². The van der Waals surface area contributed by atoms with Gasteiger partial charge in [-0.2, -0.15) is 0 Å². The molecule has 0 atom stereocenters. The molecule has 0 spiro atoms. The molecule has 0 aromatic heterocycles. The summed E-state index contributed by atoms with van der Waals surface area (Å²) in [4.78, 5) is 2.22. The molecule has 2 nitrogen and oxygen atoms in total. The summed E-state index contributed by atoms with van der Waals surface area (Å²) in [5.41, 5.74) is 3.62. The van der Waals surface area contributed by atoms with Crippen LogP contribution in [0, 0.1) is 0 Å². The molecule has 1 aromatic carbocycles. The molecule has 0 amide bonds. The summed E-state index contributed by atoms with van der Waals surface area (Å²) in [5, 5.41) is 0. The molecular weight excluding hydrogens is 210 g/mol. The first-order valence-electron chi connectivity index (χ1n) is 5.77. The molecule has 0 saturated carbocycles. The Morgan fingerprint density at radius 3 is 3.12 bits per heavy atom. The summed E-state index contributed by atoms with van der Waals surface area (Å²) in [7, 11) is 0. The van der Waals surface area contributed by atoms with Crippen LogP contribution in [0.3, 0.4) is 0 Å². The van der Waals surface area contributed by atoms with Crippen molar-refractivity contribution < 1.29 is 4.74 Å². The molecule has 3 heterocycles. The lowest BCUT2D eigenvalue weighted by Crippen LogP contribution is -2.27. The van der Waals surface area contributed by atoms with E-state index in [1.54, 1.807) is 0 Å². The Hall–Kier alpha value is -2.22. The molecule has 0 fully saturated rings. The van der Waals surface area contributed by atoms with Crippen LogP contribution < -0.4 is 4.74 Å². The molecular formula is C15H11NO. The topological polar surface area (TPSA) is 12.5 Å². The van der Waals surface area contributed by atoms with Gasteiger partial charge in [0.05, 0.1) is 5.70 Å². The maximum Gasteiger partial charge on any atom is 0.151 e. The zero-order chi connectivity index (χ0) is 11.2. The van der Waals surface area contributed by atoms with Gasteiger partial charge in [-0.3, -0.25) is 0 Å². The lowest BCUT2D eigenvalue weighted by molar-refractivity contribution is 0.375. The average Bonchev–Trinajstić information content (AvgIpc) is 2.39. The second-order valence-corrected chi connectivity index (χ2v) is 4.29. The van der Waals surface area contributed by atoms with Gasteiger partial charge >= 0.3 is 0 Å². The molecule has 0 radical (unpaired) electrons. The van der Waals surface area contributed by atoms with Crippen molar-refractivity contribution >= 4 is 5.57 Å². The highest BCUT2D eigenvalue weighted by Gasteiger charge is 2.28. The summed E-state index contributed by atoms with van der Waals surface area (Å²) in [6.45, 7) is 0.915. The number of para-hydroxylation sites is 1. The van der Waals surface area contributed by atoms with Gasteiger partial charge in [0, 0.05) is 23.9 Å². The summed E-state index contributed by atoms with van der Waals surface area (Å²) in [5.74, 6) is 1.89. The number of fused-ring (bicyclic) bond motifs is 2. The third kappa shape index (κ3) is 1.15. The monoisotopic (exact) mass is 221 g/mol. The van der Waals surface area contributed by atoms with Gasteiger partial charge in [0.2, 0.25) is 0 Å². The molecule has 0 saturated heterocycles. The number of benzene rings is 1. The average molecular weight is 221 g/mol. The van der Waals surface area contributed by atoms with Gasteiger partial charge in [-0.25, -0.2) is 0 Å². The van der Waals surface area contributed by atoms with E-state index in [-0.39, 0.29) is 0 Å². The van der Waals surface area contributed by atoms with Crippen LogP contribution in [0.5, 0.6) is 5.75 Å². The maximum atomic E-state index is 5.95. The minimum absolute atomic E-state index is 0.915. The molecule has 0 aliphatic carbocycles. The zero-order valence-corrected chi connectivity index (χ0v) is 9.26. The SMILES string of the molecule is C1=CN2CC=CC3=C2C(=C1)Oc1ccccc13. The predicted octanol–water partition coefficient (Wildman–Crippen LogP) is 3.07. The van der Waals surface area contributed by atoms with Gasteiger partial charge in [-0.15, -0.1) is 0 Å². The van der Waals surface area contributed by atoms with Crippen molar-refractivity contribution in [2.45, 2.75) is 0 Å². The van der Waals surface area contributed by atoms with Crippen LogP contribution in [0.25, 0.3) is 5.57 Å². The third-order valence-corrected chi connectivity index (χ3v) is 3.27. The highest BCUT2D eigenvalue weighted by atomic mass is 16.5. The van der Waals surface area contributed by atoms with Crippen LogP contribution in [0.15, 0.2) is 66.2 Å². The van der Waals surface area contributed by atoms with Crippen molar-refractivity contribution in [2.24, 2.45) is 0 Å². The Morgan fingerprint density at radius 1 is 1.18 bits per heavy atom. The van der Waals surface area contributed by atoms with E-state index in [0.29, 0.717) is 0 Å². The van der Waals surface area contributed by atoms with Crippen LogP contribution in [0.2, 0.25) is 0 Å². The molecule has 2 heteroatoms. The fourth-order valence-corrected chi connectivity index (χ4v) is 2.53. The predicted molar refractivity (Wildman–Crippen MR) is 67.1 cm³/mol. The normalized spacial score (nSPS) is 19.5. The van der Waals surface area contributed by atoms with Crippen LogP contribution >= 0.6 is 0 Å². The maximum absolute atomic E-state index is 5.95. The van der Waals surface area contributed by atoms with E-state index in [9.17, 15) is 0 Å². The number of ether oxygens (including phenoxy) is 1. The molecule has 0 bridgehead atoms. The largest absolute Gasteiger partial charge is 0.454 e. The zero-order valence-electron chi connectivity index (χ0n) is 9.26. The second-order valence-electron chi connectivity index (χ2n) is 4.29. The van der Waals surface area contributed by atoms with Crippen LogP contribution in [-0.4, -0.2) is 11.4 Å². The minimum atomic E-state index is 0.915. The molecule has 4 rings (SSSR count). The Bertz CT molecular complexity index is 620. The Morgan fingerprint density at radius 2 is 2.12 bits per heavy atom. The van der Waals surface area contributed by atoms with Gasteiger partial charge in [-0.05, 0) is 18.2 Å². The van der Waals surface area contributed by atoms with E-state index in [4.69, 9.17) is 4.74 Å². The molecule has 17 heavy (non-hydrogen) atoms.